The van der Waals surface area contributed by atoms with Crippen LogP contribution in [-0.4, -0.2) is 4.57 Å². The zero-order valence-corrected chi connectivity index (χ0v) is 43.5. The Morgan fingerprint density at radius 2 is 0.662 bits per heavy atom. The summed E-state index contributed by atoms with van der Waals surface area (Å²) in [6.45, 7) is 16.2. The summed E-state index contributed by atoms with van der Waals surface area (Å²) in [6, 6.07) is 88.9. The maximum Gasteiger partial charge on any atom is 0.0535 e. The number of hydrogen-bond acceptors (Lipinski definition) is 0. The fourth-order valence-electron chi connectivity index (χ4n) is 11.9. The Morgan fingerprint density at radius 3 is 1.16 bits per heavy atom. The molecule has 1 heteroatoms. The molecule has 0 unspecified atom stereocenters. The fourth-order valence-corrected chi connectivity index (χ4v) is 11.9. The van der Waals surface area contributed by atoms with Crippen LogP contribution in [0.5, 0.6) is 0 Å². The first-order chi connectivity index (χ1) is 35.9. The van der Waals surface area contributed by atoms with E-state index in [1.807, 2.05) is 0 Å². The topological polar surface area (TPSA) is 4.93 Å². The summed E-state index contributed by atoms with van der Waals surface area (Å²) >= 11 is 0. The summed E-state index contributed by atoms with van der Waals surface area (Å²) in [4.78, 5) is 0. The minimum Gasteiger partial charge on any atom is -0.309 e. The van der Waals surface area contributed by atoms with Gasteiger partial charge in [-0.3, -0.25) is 0 Å². The molecule has 74 heavy (non-hydrogen) atoms. The molecule has 0 bridgehead atoms. The predicted molar refractivity (Wildman–Crippen MR) is 321 cm³/mol. The van der Waals surface area contributed by atoms with Crippen molar-refractivity contribution in [2.24, 2.45) is 0 Å². The summed E-state index contributed by atoms with van der Waals surface area (Å²) in [5.74, 6) is 0. The molecule has 358 valence electrons. The van der Waals surface area contributed by atoms with Crippen LogP contribution in [0.25, 0.3) is 115 Å². The van der Waals surface area contributed by atoms with Gasteiger partial charge in [-0.05, 0) is 163 Å². The zero-order valence-electron chi connectivity index (χ0n) is 43.5. The minimum absolute atomic E-state index is 0.00757. The molecule has 0 amide bonds. The van der Waals surface area contributed by atoms with Gasteiger partial charge in [-0.2, -0.15) is 0 Å². The third kappa shape index (κ3) is 8.33. The molecule has 13 rings (SSSR count). The largest absolute Gasteiger partial charge is 0.309 e. The molecule has 1 heterocycles. The van der Waals surface area contributed by atoms with Crippen LogP contribution in [0.4, 0.5) is 0 Å². The molecule has 12 aromatic carbocycles. The van der Waals surface area contributed by atoms with Gasteiger partial charge >= 0.3 is 0 Å². The van der Waals surface area contributed by atoms with Gasteiger partial charge in [0, 0.05) is 5.69 Å². The molecule has 0 aliphatic carbocycles. The van der Waals surface area contributed by atoms with Crippen LogP contribution in [0.2, 0.25) is 0 Å². The van der Waals surface area contributed by atoms with Gasteiger partial charge in [-0.1, -0.05) is 253 Å². The van der Waals surface area contributed by atoms with Crippen LogP contribution in [-0.2, 0) is 10.8 Å². The Morgan fingerprint density at radius 1 is 0.270 bits per heavy atom. The molecule has 0 radical (unpaired) electrons. The minimum atomic E-state index is -0.0197. The highest BCUT2D eigenvalue weighted by molar-refractivity contribution is 6.22. The van der Waals surface area contributed by atoms with Crippen molar-refractivity contribution >= 4 is 64.6 Å². The lowest BCUT2D eigenvalue weighted by atomic mass is 9.74. The number of fused-ring (bicyclic) bond motifs is 6. The van der Waals surface area contributed by atoms with Crippen molar-refractivity contribution in [1.29, 1.82) is 0 Å². The number of hydrogen-bond donors (Lipinski definition) is 0. The van der Waals surface area contributed by atoms with Crippen molar-refractivity contribution < 1.29 is 0 Å². The van der Waals surface area contributed by atoms with Crippen LogP contribution in [0.15, 0.2) is 243 Å². The third-order valence-corrected chi connectivity index (χ3v) is 15.0. The number of aryl methyl sites for hydroxylation is 1. The Bertz CT molecular complexity index is 4200. The summed E-state index contributed by atoms with van der Waals surface area (Å²) in [5, 5.41) is 15.7. The van der Waals surface area contributed by atoms with Crippen molar-refractivity contribution in [2.45, 2.75) is 59.3 Å². The summed E-state index contributed by atoms with van der Waals surface area (Å²) in [5.41, 5.74) is 15.3. The summed E-state index contributed by atoms with van der Waals surface area (Å²) in [7, 11) is 0. The standard InChI is InChI=1S/C38H37N.C35H24/c1-37(2,3)35-29-19-13-14-20-30(29)36(38(4,5)6)32-25-28(21-22-31(32)35)39-33(26-15-9-7-10-16-26)23-24-34(39)27-17-11-8-12-18-27;1-23-14-19-32-33(20-23)35(29-18-16-25-9-3-5-11-27(25)22-29)31-13-7-6-12-30(31)34(32)28-17-15-24-8-2-4-10-26(24)21-28/h7-25H,1-6H3;2-22H,1H3. The summed E-state index contributed by atoms with van der Waals surface area (Å²) < 4.78 is 2.43. The highest BCUT2D eigenvalue weighted by atomic mass is 15.0. The van der Waals surface area contributed by atoms with Crippen LogP contribution in [0.1, 0.15) is 58.2 Å². The first-order valence-corrected chi connectivity index (χ1v) is 26.2. The number of nitrogens with zero attached hydrogens (tertiary/aromatic N) is 1. The molecule has 0 saturated heterocycles. The Hall–Kier alpha value is -8.52. The maximum absolute atomic E-state index is 2.44. The molecule has 0 atom stereocenters. The Kier molecular flexibility index (Phi) is 11.6. The zero-order chi connectivity index (χ0) is 50.7. The highest BCUT2D eigenvalue weighted by Gasteiger charge is 2.28. The van der Waals surface area contributed by atoms with Gasteiger partial charge in [0.2, 0.25) is 0 Å². The van der Waals surface area contributed by atoms with Crippen molar-refractivity contribution in [1.82, 2.24) is 4.57 Å². The summed E-state index contributed by atoms with van der Waals surface area (Å²) in [6.07, 6.45) is 0. The van der Waals surface area contributed by atoms with E-state index in [0.29, 0.717) is 0 Å². The average Bonchev–Trinajstić information content (AvgIpc) is 3.87. The molecule has 0 spiro atoms. The van der Waals surface area contributed by atoms with Crippen LogP contribution >= 0.6 is 0 Å². The number of benzene rings is 12. The third-order valence-electron chi connectivity index (χ3n) is 15.0. The van der Waals surface area contributed by atoms with Crippen molar-refractivity contribution in [3.05, 3.63) is 259 Å². The van der Waals surface area contributed by atoms with E-state index >= 15 is 0 Å². The monoisotopic (exact) mass is 951 g/mol. The molecular formula is C73H61N. The smallest absolute Gasteiger partial charge is 0.0535 e. The van der Waals surface area contributed by atoms with E-state index < -0.39 is 0 Å². The molecule has 0 saturated carbocycles. The van der Waals surface area contributed by atoms with Crippen molar-refractivity contribution in [3.63, 3.8) is 0 Å². The SMILES string of the molecule is CC(C)(C)c1c2ccccc2c(C(C)(C)C)c2cc(-n3c(-c4ccccc4)ccc3-c3ccccc3)ccc12.Cc1ccc2c(-c3ccc4ccccc4c3)c3ccccc3c(-c3ccc4ccccc4c3)c2c1. The first-order valence-electron chi connectivity index (χ1n) is 26.2. The fraction of sp³-hybridized carbons (Fsp3) is 0.123. The van der Waals surface area contributed by atoms with Crippen molar-refractivity contribution in [3.8, 4) is 50.5 Å². The van der Waals surface area contributed by atoms with E-state index in [-0.39, 0.29) is 10.8 Å². The van der Waals surface area contributed by atoms with Gasteiger partial charge < -0.3 is 4.57 Å². The van der Waals surface area contributed by atoms with Crippen molar-refractivity contribution in [2.75, 3.05) is 0 Å². The molecule has 1 aromatic heterocycles. The molecular weight excluding hydrogens is 891 g/mol. The van der Waals surface area contributed by atoms with E-state index in [0.717, 1.165) is 0 Å². The van der Waals surface area contributed by atoms with Gasteiger partial charge in [0.05, 0.1) is 11.4 Å². The second kappa shape index (κ2) is 18.5. The highest BCUT2D eigenvalue weighted by Crippen LogP contribution is 2.47. The normalized spacial score (nSPS) is 12.0. The van der Waals surface area contributed by atoms with Gasteiger partial charge in [-0.15, -0.1) is 0 Å². The molecule has 1 nitrogen and oxygen atoms in total. The predicted octanol–water partition coefficient (Wildman–Crippen LogP) is 20.7. The van der Waals surface area contributed by atoms with E-state index in [4.69, 9.17) is 0 Å². The molecule has 13 aromatic rings. The average molecular weight is 952 g/mol. The molecule has 0 fully saturated rings. The van der Waals surface area contributed by atoms with Gasteiger partial charge in [0.1, 0.15) is 0 Å². The first kappa shape index (κ1) is 46.5. The lowest BCUT2D eigenvalue weighted by Crippen LogP contribution is -2.17. The molecule has 0 aliphatic heterocycles. The van der Waals surface area contributed by atoms with Gasteiger partial charge in [-0.25, -0.2) is 0 Å². The number of rotatable bonds is 5. The maximum atomic E-state index is 2.44. The van der Waals surface area contributed by atoms with Crippen LogP contribution < -0.4 is 0 Å². The second-order valence-corrected chi connectivity index (χ2v) is 22.2. The van der Waals surface area contributed by atoms with E-state index in [1.165, 1.54) is 132 Å². The van der Waals surface area contributed by atoms with Crippen LogP contribution in [0, 0.1) is 6.92 Å². The molecule has 0 aliphatic rings. The van der Waals surface area contributed by atoms with E-state index in [2.05, 4.69) is 296 Å². The van der Waals surface area contributed by atoms with E-state index in [9.17, 15) is 0 Å². The van der Waals surface area contributed by atoms with E-state index in [1.54, 1.807) is 0 Å². The lowest BCUT2D eigenvalue weighted by Gasteiger charge is -2.30. The quantitative estimate of drug-likeness (QED) is 0.152. The Balaban J connectivity index is 0.000000151. The molecule has 0 N–H and O–H groups in total. The van der Waals surface area contributed by atoms with Crippen LogP contribution in [0.3, 0.4) is 0 Å². The number of aromatic nitrogens is 1. The second-order valence-electron chi connectivity index (χ2n) is 22.2. The van der Waals surface area contributed by atoms with Gasteiger partial charge in [0.25, 0.3) is 0 Å². The Labute approximate surface area is 436 Å². The lowest BCUT2D eigenvalue weighted by molar-refractivity contribution is 0.593. The van der Waals surface area contributed by atoms with Gasteiger partial charge in [0.15, 0.2) is 0 Å².